The van der Waals surface area contributed by atoms with Crippen molar-refractivity contribution in [3.8, 4) is 23.1 Å². The predicted molar refractivity (Wildman–Crippen MR) is 137 cm³/mol. The number of amides is 1. The molecule has 1 aromatic heterocycles. The van der Waals surface area contributed by atoms with Crippen molar-refractivity contribution in [2.45, 2.75) is 38.0 Å². The van der Waals surface area contributed by atoms with E-state index in [0.29, 0.717) is 40.7 Å². The topological polar surface area (TPSA) is 106 Å². The van der Waals surface area contributed by atoms with Gasteiger partial charge in [-0.15, -0.1) is 0 Å². The van der Waals surface area contributed by atoms with Gasteiger partial charge >= 0.3 is 0 Å². The maximum absolute atomic E-state index is 12.1. The first-order chi connectivity index (χ1) is 17.3. The molecule has 0 saturated carbocycles. The largest absolute Gasteiger partial charge is 0.476 e. The quantitative estimate of drug-likeness (QED) is 0.580. The molecule has 2 atom stereocenters. The second-order valence-corrected chi connectivity index (χ2v) is 10.1. The smallest absolute Gasteiger partial charge is 0.268 e. The van der Waals surface area contributed by atoms with Crippen LogP contribution in [0.2, 0.25) is 0 Å². The van der Waals surface area contributed by atoms with E-state index < -0.39 is 5.60 Å². The molecule has 2 N–H and O–H groups in total. The van der Waals surface area contributed by atoms with Gasteiger partial charge in [0.1, 0.15) is 11.8 Å². The Hall–Kier alpha value is -4.16. The molecule has 9 heteroatoms. The van der Waals surface area contributed by atoms with Crippen molar-refractivity contribution in [2.24, 2.45) is 0 Å². The molecule has 182 valence electrons. The van der Waals surface area contributed by atoms with E-state index in [2.05, 4.69) is 43.5 Å². The standard InChI is InChI=1S/C27H27N7O2/c1-27(2)25(35)31-22-6-4-16(11-24(22)36-27)21-8-9-29-26(32-21)30-18-5-7-23(17(10-18)13-28)34-15-19-12-20(34)14-33(19)3/h4-11,19-20H,12,14-15H2,1-3H3,(H,31,35)(H,29,30,32)/t19-,20-/m0/s1. The van der Waals surface area contributed by atoms with Crippen LogP contribution in [0.1, 0.15) is 25.8 Å². The van der Waals surface area contributed by atoms with Crippen LogP contribution in [0.3, 0.4) is 0 Å². The lowest BCUT2D eigenvalue weighted by molar-refractivity contribution is -0.129. The van der Waals surface area contributed by atoms with Crippen LogP contribution in [0.25, 0.3) is 11.3 Å². The summed E-state index contributed by atoms with van der Waals surface area (Å²) in [6.07, 6.45) is 2.84. The SMILES string of the molecule is CN1C[C@@H]2C[C@H]1CN2c1ccc(Nc2nccc(-c3ccc4c(c3)OC(C)(C)C(=O)N4)n2)cc1C#N. The summed E-state index contributed by atoms with van der Waals surface area (Å²) in [5.41, 5.74) is 3.63. The number of nitriles is 1. The minimum atomic E-state index is -0.945. The van der Waals surface area contributed by atoms with E-state index in [1.165, 1.54) is 0 Å². The van der Waals surface area contributed by atoms with E-state index in [-0.39, 0.29) is 5.91 Å². The Morgan fingerprint density at radius 2 is 2.03 bits per heavy atom. The van der Waals surface area contributed by atoms with Gasteiger partial charge in [0, 0.05) is 42.6 Å². The third-order valence-electron chi connectivity index (χ3n) is 7.29. The summed E-state index contributed by atoms with van der Waals surface area (Å²) in [6, 6.07) is 16.6. The van der Waals surface area contributed by atoms with Crippen molar-refractivity contribution in [1.29, 1.82) is 5.26 Å². The molecule has 2 fully saturated rings. The first-order valence-electron chi connectivity index (χ1n) is 12.1. The molecule has 3 aromatic rings. The fourth-order valence-corrected chi connectivity index (χ4v) is 5.29. The van der Waals surface area contributed by atoms with Crippen molar-refractivity contribution in [1.82, 2.24) is 14.9 Å². The van der Waals surface area contributed by atoms with Gasteiger partial charge in [0.25, 0.3) is 5.91 Å². The normalized spacial score (nSPS) is 21.9. The number of aromatic nitrogens is 2. The summed E-state index contributed by atoms with van der Waals surface area (Å²) in [5.74, 6) is 0.850. The lowest BCUT2D eigenvalue weighted by atomic mass is 10.0. The Bertz CT molecular complexity index is 1410. The van der Waals surface area contributed by atoms with Crippen LogP contribution >= 0.6 is 0 Å². The number of carbonyl (C=O) groups excluding carboxylic acids is 1. The van der Waals surface area contributed by atoms with Gasteiger partial charge in [-0.3, -0.25) is 9.69 Å². The number of carbonyl (C=O) groups is 1. The molecule has 6 rings (SSSR count). The maximum Gasteiger partial charge on any atom is 0.268 e. The average Bonchev–Trinajstić information content (AvgIpc) is 3.44. The zero-order chi connectivity index (χ0) is 25.0. The lowest BCUT2D eigenvalue weighted by Gasteiger charge is -2.34. The highest BCUT2D eigenvalue weighted by Gasteiger charge is 2.42. The van der Waals surface area contributed by atoms with E-state index >= 15 is 0 Å². The molecule has 2 aromatic carbocycles. The van der Waals surface area contributed by atoms with Gasteiger partial charge in [-0.2, -0.15) is 5.26 Å². The fraction of sp³-hybridized carbons (Fsp3) is 0.333. The molecule has 0 spiro atoms. The molecule has 1 amide bonds. The molecule has 9 nitrogen and oxygen atoms in total. The Balaban J connectivity index is 1.23. The van der Waals surface area contributed by atoms with Gasteiger partial charge < -0.3 is 20.3 Å². The summed E-state index contributed by atoms with van der Waals surface area (Å²) < 4.78 is 5.91. The lowest BCUT2D eigenvalue weighted by Crippen LogP contribution is -2.45. The number of likely N-dealkylation sites (tertiary alicyclic amines) is 1. The number of benzene rings is 2. The third-order valence-corrected chi connectivity index (χ3v) is 7.29. The highest BCUT2D eigenvalue weighted by molar-refractivity contribution is 6.00. The number of rotatable bonds is 4. The third kappa shape index (κ3) is 3.80. The molecule has 3 aliphatic rings. The van der Waals surface area contributed by atoms with E-state index in [0.717, 1.165) is 36.4 Å². The van der Waals surface area contributed by atoms with Gasteiger partial charge in [0.15, 0.2) is 5.60 Å². The highest BCUT2D eigenvalue weighted by atomic mass is 16.5. The number of nitrogens with zero attached hydrogens (tertiary/aromatic N) is 5. The summed E-state index contributed by atoms with van der Waals surface area (Å²) in [5, 5.41) is 16.0. The number of piperazine rings is 1. The molecule has 4 heterocycles. The summed E-state index contributed by atoms with van der Waals surface area (Å²) in [7, 11) is 2.17. The van der Waals surface area contributed by atoms with Crippen molar-refractivity contribution in [3.05, 3.63) is 54.2 Å². The minimum Gasteiger partial charge on any atom is -0.476 e. The maximum atomic E-state index is 12.1. The Morgan fingerprint density at radius 1 is 1.17 bits per heavy atom. The van der Waals surface area contributed by atoms with Crippen LogP contribution in [0.5, 0.6) is 5.75 Å². The van der Waals surface area contributed by atoms with Crippen LogP contribution in [0, 0.1) is 11.3 Å². The Morgan fingerprint density at radius 3 is 2.78 bits per heavy atom. The number of likely N-dealkylation sites (N-methyl/N-ethyl adjacent to an activating group) is 1. The van der Waals surface area contributed by atoms with Crippen molar-refractivity contribution in [2.75, 3.05) is 35.7 Å². The monoisotopic (exact) mass is 481 g/mol. The number of hydrogen-bond donors (Lipinski definition) is 2. The van der Waals surface area contributed by atoms with E-state index in [1.54, 1.807) is 20.0 Å². The number of ether oxygens (including phenoxy) is 1. The Kier molecular flexibility index (Phi) is 5.09. The van der Waals surface area contributed by atoms with E-state index in [4.69, 9.17) is 4.74 Å². The van der Waals surface area contributed by atoms with Gasteiger partial charge in [0.05, 0.1) is 22.6 Å². The van der Waals surface area contributed by atoms with Crippen molar-refractivity contribution >= 4 is 28.9 Å². The number of nitrogens with one attached hydrogen (secondary N) is 2. The van der Waals surface area contributed by atoms with Crippen LogP contribution in [0.15, 0.2) is 48.7 Å². The zero-order valence-corrected chi connectivity index (χ0v) is 20.4. The second kappa shape index (κ2) is 8.21. The first kappa shape index (κ1) is 22.3. The highest BCUT2D eigenvalue weighted by Crippen LogP contribution is 2.38. The molecule has 2 bridgehead atoms. The van der Waals surface area contributed by atoms with Crippen LogP contribution in [-0.4, -0.2) is 58.6 Å². The summed E-state index contributed by atoms with van der Waals surface area (Å²) in [6.45, 7) is 5.46. The number of fused-ring (bicyclic) bond motifs is 3. The van der Waals surface area contributed by atoms with Gasteiger partial charge in [0.2, 0.25) is 5.95 Å². The molecule has 3 aliphatic heterocycles. The molecule has 36 heavy (non-hydrogen) atoms. The molecular formula is C27H27N7O2. The van der Waals surface area contributed by atoms with Crippen LogP contribution < -0.4 is 20.3 Å². The second-order valence-electron chi connectivity index (χ2n) is 10.1. The first-order valence-corrected chi connectivity index (χ1v) is 12.1. The van der Waals surface area contributed by atoms with Crippen molar-refractivity contribution < 1.29 is 9.53 Å². The van der Waals surface area contributed by atoms with Crippen LogP contribution in [0.4, 0.5) is 23.0 Å². The van der Waals surface area contributed by atoms with Gasteiger partial charge in [-0.25, -0.2) is 9.97 Å². The van der Waals surface area contributed by atoms with Gasteiger partial charge in [-0.1, -0.05) is 6.07 Å². The fourth-order valence-electron chi connectivity index (χ4n) is 5.29. The molecule has 0 radical (unpaired) electrons. The molecular weight excluding hydrogens is 454 g/mol. The Labute approximate surface area is 209 Å². The minimum absolute atomic E-state index is 0.177. The number of anilines is 4. The molecule has 2 saturated heterocycles. The molecule has 0 unspecified atom stereocenters. The van der Waals surface area contributed by atoms with Gasteiger partial charge in [-0.05, 0) is 63.7 Å². The predicted octanol–water partition coefficient (Wildman–Crippen LogP) is 3.76. The number of hydrogen-bond acceptors (Lipinski definition) is 8. The average molecular weight is 482 g/mol. The van der Waals surface area contributed by atoms with Crippen molar-refractivity contribution in [3.63, 3.8) is 0 Å². The van der Waals surface area contributed by atoms with E-state index in [9.17, 15) is 10.1 Å². The molecule has 0 aliphatic carbocycles. The van der Waals surface area contributed by atoms with E-state index in [1.807, 2.05) is 42.5 Å². The van der Waals surface area contributed by atoms with Crippen LogP contribution in [-0.2, 0) is 4.79 Å². The zero-order valence-electron chi connectivity index (χ0n) is 20.4. The summed E-state index contributed by atoms with van der Waals surface area (Å²) >= 11 is 0. The summed E-state index contributed by atoms with van der Waals surface area (Å²) in [4.78, 5) is 26.0.